The number of carbonyl (C=O) groups is 1. The summed E-state index contributed by atoms with van der Waals surface area (Å²) < 4.78 is 3.02. The summed E-state index contributed by atoms with van der Waals surface area (Å²) in [6.45, 7) is 7.53. The van der Waals surface area contributed by atoms with Crippen LogP contribution < -0.4 is 5.56 Å². The number of piperidine rings is 1. The Bertz CT molecular complexity index is 1140. The number of likely N-dealkylation sites (tertiary alicyclic amines) is 1. The van der Waals surface area contributed by atoms with Crippen molar-refractivity contribution >= 4 is 11.4 Å². The standard InChI is InChI=1S/C20H22N6O2/c1-12-14-5-3-6-15(12)11-24(10-14)19(28)16-9-21-26(13(16)2)20-22-18(27)17-7-4-8-25(17)23-20/h4,7-9,14-15H,1,3,5-6,10-11H2,2H3,(H,22,23,27). The van der Waals surface area contributed by atoms with Gasteiger partial charge in [-0.15, -0.1) is 5.10 Å². The van der Waals surface area contributed by atoms with Gasteiger partial charge in [-0.2, -0.15) is 5.10 Å². The van der Waals surface area contributed by atoms with Crippen molar-refractivity contribution in [3.63, 3.8) is 0 Å². The van der Waals surface area contributed by atoms with Gasteiger partial charge in [0.15, 0.2) is 0 Å². The second-order valence-electron chi connectivity index (χ2n) is 7.78. The Labute approximate surface area is 161 Å². The molecule has 2 fully saturated rings. The number of nitrogens with one attached hydrogen (secondary N) is 1. The lowest BCUT2D eigenvalue weighted by molar-refractivity contribution is 0.0626. The first-order valence-corrected chi connectivity index (χ1v) is 9.63. The fourth-order valence-corrected chi connectivity index (χ4v) is 4.53. The molecule has 1 N–H and O–H groups in total. The summed E-state index contributed by atoms with van der Waals surface area (Å²) in [5.41, 5.74) is 2.73. The van der Waals surface area contributed by atoms with Crippen LogP contribution in [0.4, 0.5) is 0 Å². The fraction of sp³-hybridized carbons (Fsp3) is 0.400. The third kappa shape index (κ3) is 2.51. The maximum Gasteiger partial charge on any atom is 0.276 e. The van der Waals surface area contributed by atoms with Crippen molar-refractivity contribution in [3.8, 4) is 5.95 Å². The molecule has 1 saturated carbocycles. The molecule has 144 valence electrons. The highest BCUT2D eigenvalue weighted by Crippen LogP contribution is 2.38. The molecule has 2 unspecified atom stereocenters. The number of rotatable bonds is 2. The quantitative estimate of drug-likeness (QED) is 0.691. The van der Waals surface area contributed by atoms with E-state index < -0.39 is 0 Å². The summed E-state index contributed by atoms with van der Waals surface area (Å²) in [7, 11) is 0. The van der Waals surface area contributed by atoms with Crippen molar-refractivity contribution in [1.29, 1.82) is 0 Å². The van der Waals surface area contributed by atoms with E-state index in [4.69, 9.17) is 0 Å². The van der Waals surface area contributed by atoms with Crippen molar-refractivity contribution in [1.82, 2.24) is 29.3 Å². The van der Waals surface area contributed by atoms with E-state index >= 15 is 0 Å². The summed E-state index contributed by atoms with van der Waals surface area (Å²) in [4.78, 5) is 30.1. The van der Waals surface area contributed by atoms with Gasteiger partial charge in [0.25, 0.3) is 11.5 Å². The number of aromatic nitrogens is 5. The van der Waals surface area contributed by atoms with Crippen molar-refractivity contribution in [2.75, 3.05) is 13.1 Å². The molecule has 1 aliphatic heterocycles. The van der Waals surface area contributed by atoms with Gasteiger partial charge in [-0.1, -0.05) is 18.6 Å². The normalized spacial score (nSPS) is 22.0. The Hall–Kier alpha value is -3.16. The lowest BCUT2D eigenvalue weighted by Crippen LogP contribution is -2.47. The minimum Gasteiger partial charge on any atom is -0.337 e. The topological polar surface area (TPSA) is 88.3 Å². The van der Waals surface area contributed by atoms with Crippen LogP contribution in [0.2, 0.25) is 0 Å². The molecule has 5 rings (SSSR count). The maximum absolute atomic E-state index is 13.2. The first-order valence-electron chi connectivity index (χ1n) is 9.63. The van der Waals surface area contributed by atoms with E-state index in [1.807, 2.05) is 11.8 Å². The number of fused-ring (bicyclic) bond motifs is 3. The molecule has 4 heterocycles. The highest BCUT2D eigenvalue weighted by molar-refractivity contribution is 5.95. The average molecular weight is 378 g/mol. The first kappa shape index (κ1) is 17.0. The Kier molecular flexibility index (Phi) is 3.75. The second kappa shape index (κ2) is 6.19. The van der Waals surface area contributed by atoms with Gasteiger partial charge >= 0.3 is 0 Å². The zero-order chi connectivity index (χ0) is 19.4. The lowest BCUT2D eigenvalue weighted by atomic mass is 9.74. The van der Waals surface area contributed by atoms with E-state index in [2.05, 4.69) is 21.8 Å². The number of hydrogen-bond acceptors (Lipinski definition) is 4. The Morgan fingerprint density at radius 1 is 1.29 bits per heavy atom. The maximum atomic E-state index is 13.2. The molecule has 1 saturated heterocycles. The predicted octanol–water partition coefficient (Wildman–Crippen LogP) is 1.95. The molecule has 1 amide bonds. The fourth-order valence-electron chi connectivity index (χ4n) is 4.53. The van der Waals surface area contributed by atoms with Crippen LogP contribution in [0.3, 0.4) is 0 Å². The van der Waals surface area contributed by atoms with Crippen LogP contribution in [0.1, 0.15) is 35.3 Å². The zero-order valence-electron chi connectivity index (χ0n) is 15.8. The summed E-state index contributed by atoms with van der Waals surface area (Å²) in [5, 5.41) is 8.72. The summed E-state index contributed by atoms with van der Waals surface area (Å²) >= 11 is 0. The number of H-pyrrole nitrogens is 1. The summed E-state index contributed by atoms with van der Waals surface area (Å²) in [5.74, 6) is 1.08. The summed E-state index contributed by atoms with van der Waals surface area (Å²) in [6, 6.07) is 3.45. The molecule has 2 bridgehead atoms. The molecule has 8 heteroatoms. The smallest absolute Gasteiger partial charge is 0.276 e. The van der Waals surface area contributed by atoms with E-state index in [0.717, 1.165) is 25.9 Å². The minimum atomic E-state index is -0.250. The molecule has 2 atom stereocenters. The molecule has 1 aliphatic carbocycles. The van der Waals surface area contributed by atoms with Crippen LogP contribution >= 0.6 is 0 Å². The van der Waals surface area contributed by atoms with E-state index in [1.54, 1.807) is 24.5 Å². The van der Waals surface area contributed by atoms with Gasteiger partial charge in [0.1, 0.15) is 5.52 Å². The molecular weight excluding hydrogens is 356 g/mol. The van der Waals surface area contributed by atoms with Gasteiger partial charge in [0, 0.05) is 19.3 Å². The van der Waals surface area contributed by atoms with Crippen molar-refractivity contribution in [2.24, 2.45) is 11.8 Å². The first-order chi connectivity index (χ1) is 13.5. The van der Waals surface area contributed by atoms with Crippen molar-refractivity contribution < 1.29 is 4.79 Å². The summed E-state index contributed by atoms with van der Waals surface area (Å²) in [6.07, 6.45) is 6.71. The monoisotopic (exact) mass is 378 g/mol. The number of hydrogen-bond donors (Lipinski definition) is 1. The molecule has 3 aromatic rings. The van der Waals surface area contributed by atoms with E-state index in [1.165, 1.54) is 21.2 Å². The molecule has 28 heavy (non-hydrogen) atoms. The van der Waals surface area contributed by atoms with Crippen LogP contribution in [-0.2, 0) is 0 Å². The molecule has 0 spiro atoms. The minimum absolute atomic E-state index is 0.0162. The number of aromatic amines is 1. The predicted molar refractivity (Wildman–Crippen MR) is 104 cm³/mol. The molecule has 8 nitrogen and oxygen atoms in total. The van der Waals surface area contributed by atoms with Crippen molar-refractivity contribution in [3.05, 3.63) is 58.3 Å². The number of carbonyl (C=O) groups excluding carboxylic acids is 1. The van der Waals surface area contributed by atoms with Gasteiger partial charge in [-0.3, -0.25) is 14.6 Å². The van der Waals surface area contributed by atoms with E-state index in [0.29, 0.717) is 28.6 Å². The van der Waals surface area contributed by atoms with Gasteiger partial charge in [0.2, 0.25) is 5.95 Å². The molecular formula is C20H22N6O2. The Morgan fingerprint density at radius 3 is 2.79 bits per heavy atom. The Balaban J connectivity index is 1.47. The number of nitrogens with zero attached hydrogens (tertiary/aromatic N) is 5. The second-order valence-corrected chi connectivity index (χ2v) is 7.78. The van der Waals surface area contributed by atoms with Gasteiger partial charge in [-0.05, 0) is 43.7 Å². The van der Waals surface area contributed by atoms with Crippen LogP contribution in [0.25, 0.3) is 11.5 Å². The van der Waals surface area contributed by atoms with Gasteiger partial charge in [-0.25, -0.2) is 9.20 Å². The largest absolute Gasteiger partial charge is 0.337 e. The van der Waals surface area contributed by atoms with E-state index in [9.17, 15) is 9.59 Å². The zero-order valence-corrected chi connectivity index (χ0v) is 15.8. The lowest BCUT2D eigenvalue weighted by Gasteiger charge is -2.43. The van der Waals surface area contributed by atoms with Crippen LogP contribution in [0, 0.1) is 18.8 Å². The van der Waals surface area contributed by atoms with Crippen LogP contribution in [0.15, 0.2) is 41.5 Å². The third-order valence-corrected chi connectivity index (χ3v) is 6.15. The van der Waals surface area contributed by atoms with Crippen LogP contribution in [-0.4, -0.2) is 48.3 Å². The SMILES string of the molecule is C=C1C2CCCC1CN(C(=O)c1cnn(-c3nn4cccc4c(=O)[nH]3)c1C)C2. The highest BCUT2D eigenvalue weighted by Gasteiger charge is 2.36. The van der Waals surface area contributed by atoms with Crippen molar-refractivity contribution in [2.45, 2.75) is 26.2 Å². The highest BCUT2D eigenvalue weighted by atomic mass is 16.2. The molecule has 2 aliphatic rings. The molecule has 0 radical (unpaired) electrons. The van der Waals surface area contributed by atoms with E-state index in [-0.39, 0.29) is 17.4 Å². The van der Waals surface area contributed by atoms with Gasteiger partial charge in [0.05, 0.1) is 17.5 Å². The Morgan fingerprint density at radius 2 is 2.04 bits per heavy atom. The van der Waals surface area contributed by atoms with Gasteiger partial charge < -0.3 is 4.90 Å². The average Bonchev–Trinajstić information content (AvgIpc) is 3.27. The third-order valence-electron chi connectivity index (χ3n) is 6.15. The molecule has 3 aromatic heterocycles. The number of amides is 1. The van der Waals surface area contributed by atoms with Crippen LogP contribution in [0.5, 0.6) is 0 Å². The molecule has 0 aromatic carbocycles.